The number of rotatable bonds is 8. The molecule has 1 heterocycles. The number of imide groups is 1. The Balaban J connectivity index is 1.52. The number of sulfonamides is 1. The van der Waals surface area contributed by atoms with Crippen molar-refractivity contribution in [2.45, 2.75) is 24.0 Å². The standard InChI is InChI=1S/C21H22FN3O9S/c1-12(26)19(25-35(30,31)15-5-2-13(22)3-6-15)20(28)34-11-18(27)24-21(29)23-14-4-7-16-17(10-14)33-9-8-32-16/h2-7,10,12,19,25-26H,8-9,11H2,1H3,(H2,23,24,27,29). The first-order valence-electron chi connectivity index (χ1n) is 10.2. The zero-order chi connectivity index (χ0) is 25.6. The van der Waals surface area contributed by atoms with Crippen molar-refractivity contribution in [3.05, 3.63) is 48.3 Å². The van der Waals surface area contributed by atoms with Gasteiger partial charge in [0.25, 0.3) is 5.91 Å². The summed E-state index contributed by atoms with van der Waals surface area (Å²) in [4.78, 5) is 35.9. The van der Waals surface area contributed by atoms with Crippen molar-refractivity contribution in [1.29, 1.82) is 0 Å². The maximum Gasteiger partial charge on any atom is 0.327 e. The zero-order valence-electron chi connectivity index (χ0n) is 18.3. The molecule has 2 aromatic carbocycles. The molecule has 188 valence electrons. The highest BCUT2D eigenvalue weighted by atomic mass is 32.2. The predicted octanol–water partition coefficient (Wildman–Crippen LogP) is 0.516. The van der Waals surface area contributed by atoms with Crippen LogP contribution in [-0.2, 0) is 24.3 Å². The molecule has 2 atom stereocenters. The number of nitrogens with one attached hydrogen (secondary N) is 3. The number of esters is 1. The van der Waals surface area contributed by atoms with Gasteiger partial charge in [-0.3, -0.25) is 14.9 Å². The third-order valence-corrected chi connectivity index (χ3v) is 6.00. The van der Waals surface area contributed by atoms with E-state index < -0.39 is 52.5 Å². The molecule has 4 N–H and O–H groups in total. The number of fused-ring (bicyclic) bond motifs is 1. The van der Waals surface area contributed by atoms with Crippen LogP contribution in [0, 0.1) is 5.82 Å². The molecule has 0 aliphatic carbocycles. The maximum atomic E-state index is 13.0. The fourth-order valence-corrected chi connectivity index (χ4v) is 4.12. The molecule has 0 saturated carbocycles. The number of anilines is 1. The molecular weight excluding hydrogens is 489 g/mol. The van der Waals surface area contributed by atoms with E-state index in [0.29, 0.717) is 30.4 Å². The van der Waals surface area contributed by atoms with Crippen LogP contribution in [0.25, 0.3) is 0 Å². The van der Waals surface area contributed by atoms with E-state index >= 15 is 0 Å². The average molecular weight is 511 g/mol. The van der Waals surface area contributed by atoms with Crippen molar-refractivity contribution < 1.29 is 46.5 Å². The van der Waals surface area contributed by atoms with Gasteiger partial charge in [0.2, 0.25) is 10.0 Å². The van der Waals surface area contributed by atoms with Crippen LogP contribution < -0.4 is 24.8 Å². The summed E-state index contributed by atoms with van der Waals surface area (Å²) in [6.07, 6.45) is -1.54. The smallest absolute Gasteiger partial charge is 0.327 e. The minimum Gasteiger partial charge on any atom is -0.486 e. The SMILES string of the molecule is CC(O)C(NS(=O)(=O)c1ccc(F)cc1)C(=O)OCC(=O)NC(=O)Nc1ccc2c(c1)OCCO2. The number of hydrogen-bond donors (Lipinski definition) is 4. The number of carbonyl (C=O) groups is 3. The Kier molecular flexibility index (Phi) is 8.22. The molecule has 3 amide bonds. The van der Waals surface area contributed by atoms with Gasteiger partial charge in [-0.15, -0.1) is 0 Å². The van der Waals surface area contributed by atoms with Gasteiger partial charge in [-0.1, -0.05) is 0 Å². The van der Waals surface area contributed by atoms with Gasteiger partial charge < -0.3 is 24.6 Å². The molecule has 0 bridgehead atoms. The number of aliphatic hydroxyl groups is 1. The number of carbonyl (C=O) groups excluding carboxylic acids is 3. The molecule has 1 aliphatic rings. The van der Waals surface area contributed by atoms with E-state index in [2.05, 4.69) is 5.32 Å². The lowest BCUT2D eigenvalue weighted by atomic mass is 10.2. The second kappa shape index (κ2) is 11.1. The predicted molar refractivity (Wildman–Crippen MR) is 118 cm³/mol. The Bertz CT molecular complexity index is 1200. The quantitative estimate of drug-likeness (QED) is 0.369. The Morgan fingerprint density at radius 3 is 2.40 bits per heavy atom. The highest BCUT2D eigenvalue weighted by Gasteiger charge is 2.31. The topological polar surface area (TPSA) is 169 Å². The van der Waals surface area contributed by atoms with Crippen molar-refractivity contribution >= 4 is 33.6 Å². The largest absolute Gasteiger partial charge is 0.486 e. The summed E-state index contributed by atoms with van der Waals surface area (Å²) in [7, 11) is -4.33. The van der Waals surface area contributed by atoms with E-state index in [1.807, 2.05) is 10.0 Å². The molecule has 1 aliphatic heterocycles. The van der Waals surface area contributed by atoms with Gasteiger partial charge in [0.1, 0.15) is 25.1 Å². The first-order valence-corrected chi connectivity index (χ1v) is 11.7. The van der Waals surface area contributed by atoms with Gasteiger partial charge in [0, 0.05) is 11.8 Å². The lowest BCUT2D eigenvalue weighted by Crippen LogP contribution is -2.49. The summed E-state index contributed by atoms with van der Waals surface area (Å²) < 4.78 is 55.3. The molecular formula is C21H22FN3O9S. The Morgan fingerprint density at radius 2 is 1.74 bits per heavy atom. The van der Waals surface area contributed by atoms with E-state index in [-0.39, 0.29) is 4.90 Å². The highest BCUT2D eigenvalue weighted by Crippen LogP contribution is 2.32. The second-order valence-electron chi connectivity index (χ2n) is 7.26. The van der Waals surface area contributed by atoms with Gasteiger partial charge in [-0.05, 0) is 43.3 Å². The molecule has 35 heavy (non-hydrogen) atoms. The Labute approximate surface area is 199 Å². The normalized spacial score (nSPS) is 14.4. The monoisotopic (exact) mass is 511 g/mol. The molecule has 0 radical (unpaired) electrons. The van der Waals surface area contributed by atoms with Gasteiger partial charge in [0.15, 0.2) is 18.1 Å². The zero-order valence-corrected chi connectivity index (χ0v) is 19.1. The van der Waals surface area contributed by atoms with Crippen LogP contribution in [0.4, 0.5) is 14.9 Å². The van der Waals surface area contributed by atoms with Crippen LogP contribution in [0.5, 0.6) is 11.5 Å². The van der Waals surface area contributed by atoms with Crippen molar-refractivity contribution in [3.63, 3.8) is 0 Å². The number of aliphatic hydroxyl groups excluding tert-OH is 1. The molecule has 3 rings (SSSR count). The van der Waals surface area contributed by atoms with Crippen molar-refractivity contribution in [1.82, 2.24) is 10.0 Å². The minimum absolute atomic E-state index is 0.306. The molecule has 12 nitrogen and oxygen atoms in total. The van der Waals surface area contributed by atoms with Gasteiger partial charge in [-0.25, -0.2) is 17.6 Å². The highest BCUT2D eigenvalue weighted by molar-refractivity contribution is 7.89. The molecule has 0 aromatic heterocycles. The summed E-state index contributed by atoms with van der Waals surface area (Å²) in [6, 6.07) is 5.66. The van der Waals surface area contributed by atoms with Crippen LogP contribution in [0.1, 0.15) is 6.92 Å². The Morgan fingerprint density at radius 1 is 1.09 bits per heavy atom. The molecule has 2 unspecified atom stereocenters. The third-order valence-electron chi connectivity index (χ3n) is 4.54. The van der Waals surface area contributed by atoms with E-state index in [0.717, 1.165) is 31.2 Å². The second-order valence-corrected chi connectivity index (χ2v) is 8.98. The summed E-state index contributed by atoms with van der Waals surface area (Å²) in [6.45, 7) is 0.936. The number of hydrogen-bond acceptors (Lipinski definition) is 9. The first kappa shape index (κ1) is 25.9. The minimum atomic E-state index is -4.33. The fraction of sp³-hybridized carbons (Fsp3) is 0.286. The number of benzene rings is 2. The van der Waals surface area contributed by atoms with E-state index in [9.17, 15) is 32.3 Å². The van der Waals surface area contributed by atoms with Crippen LogP contribution >= 0.6 is 0 Å². The number of ether oxygens (including phenoxy) is 3. The van der Waals surface area contributed by atoms with Crippen LogP contribution in [0.2, 0.25) is 0 Å². The molecule has 2 aromatic rings. The van der Waals surface area contributed by atoms with E-state index in [1.54, 1.807) is 6.07 Å². The summed E-state index contributed by atoms with van der Waals surface area (Å²) >= 11 is 0. The maximum absolute atomic E-state index is 13.0. The third kappa shape index (κ3) is 7.11. The van der Waals surface area contributed by atoms with E-state index in [4.69, 9.17) is 14.2 Å². The average Bonchev–Trinajstić information content (AvgIpc) is 2.81. The molecule has 14 heteroatoms. The summed E-state index contributed by atoms with van der Waals surface area (Å²) in [5, 5.41) is 14.2. The molecule has 0 spiro atoms. The van der Waals surface area contributed by atoms with Crippen LogP contribution in [-0.4, -0.2) is 63.4 Å². The molecule has 0 saturated heterocycles. The van der Waals surface area contributed by atoms with Crippen LogP contribution in [0.15, 0.2) is 47.4 Å². The van der Waals surface area contributed by atoms with Crippen molar-refractivity contribution in [3.8, 4) is 11.5 Å². The number of urea groups is 1. The number of halogens is 1. The fourth-order valence-electron chi connectivity index (χ4n) is 2.87. The van der Waals surface area contributed by atoms with Crippen molar-refractivity contribution in [2.75, 3.05) is 25.1 Å². The lowest BCUT2D eigenvalue weighted by molar-refractivity contribution is -0.152. The van der Waals surface area contributed by atoms with Crippen LogP contribution in [0.3, 0.4) is 0 Å². The Hall–Kier alpha value is -3.75. The summed E-state index contributed by atoms with van der Waals surface area (Å²) in [5.74, 6) is -2.03. The first-order chi connectivity index (χ1) is 16.5. The molecule has 0 fully saturated rings. The van der Waals surface area contributed by atoms with Crippen molar-refractivity contribution in [2.24, 2.45) is 0 Å². The summed E-state index contributed by atoms with van der Waals surface area (Å²) in [5.41, 5.74) is 0.306. The van der Waals surface area contributed by atoms with Gasteiger partial charge >= 0.3 is 12.0 Å². The van der Waals surface area contributed by atoms with E-state index in [1.165, 1.54) is 12.1 Å². The number of amides is 3. The van der Waals surface area contributed by atoms with Gasteiger partial charge in [0.05, 0.1) is 11.0 Å². The lowest BCUT2D eigenvalue weighted by Gasteiger charge is -2.20. The van der Waals surface area contributed by atoms with Gasteiger partial charge in [-0.2, -0.15) is 4.72 Å².